The van der Waals surface area contributed by atoms with Crippen LogP contribution in [0.2, 0.25) is 11.6 Å². The molecule has 1 N–H and O–H groups in total. The first-order valence-electron chi connectivity index (χ1n) is 1.63. The zero-order valence-corrected chi connectivity index (χ0v) is 5.37. The maximum Gasteiger partial charge on any atom is 0.381 e. The molecule has 1 nitrogen and oxygen atoms in total. The predicted molar refractivity (Wildman–Crippen MR) is 26.5 cm³/mol. The predicted octanol–water partition coefficient (Wildman–Crippen LogP) is 0.981. The maximum absolute atomic E-state index is 5.15. The third-order valence-corrected chi connectivity index (χ3v) is 1.96. The summed E-state index contributed by atoms with van der Waals surface area (Å²) in [7, 11) is 0. The van der Waals surface area contributed by atoms with Crippen LogP contribution in [0.1, 0.15) is 0 Å². The third-order valence-electron chi connectivity index (χ3n) is 0.218. The molecule has 0 radical (unpaired) electrons. The Balaban J connectivity index is 2.54. The molecule has 0 aromatic heterocycles. The highest BCUT2D eigenvalue weighted by Gasteiger charge is 1.94. The quantitative estimate of drug-likeness (QED) is 0.389. The summed E-state index contributed by atoms with van der Waals surface area (Å²) in [4.78, 5) is 0. The molecule has 0 aromatic carbocycles. The van der Waals surface area contributed by atoms with Crippen molar-refractivity contribution in [1.29, 1.82) is 0 Å². The van der Waals surface area contributed by atoms with Crippen molar-refractivity contribution in [3.63, 3.8) is 0 Å². The van der Waals surface area contributed by atoms with Gasteiger partial charge in [0.15, 0.2) is 0 Å². The Morgan fingerprint density at radius 2 is 1.80 bits per heavy atom. The highest BCUT2D eigenvalue weighted by molar-refractivity contribution is 6.59. The molecule has 30 valence electrons. The van der Waals surface area contributed by atoms with Crippen LogP contribution in [0.3, 0.4) is 0 Å². The Hall–Kier alpha value is 0.782. The van der Waals surface area contributed by atoms with Crippen LogP contribution in [-0.4, -0.2) is 14.4 Å². The molecular weight excluding hydrogens is 100 g/mol. The van der Waals surface area contributed by atoms with E-state index in [2.05, 4.69) is 15.4 Å². The molecule has 0 aliphatic heterocycles. The number of hydrogen-bond acceptors (Lipinski definition) is 1. The smallest absolute Gasteiger partial charge is 0.314 e. The van der Waals surface area contributed by atoms with E-state index >= 15 is 0 Å². The van der Waals surface area contributed by atoms with Gasteiger partial charge < -0.3 is 3.82 Å². The number of hydrogen-bond donors (Lipinski definition) is 1. The van der Waals surface area contributed by atoms with Gasteiger partial charge in [0.1, 0.15) is 0 Å². The van der Waals surface area contributed by atoms with Gasteiger partial charge in [-0.1, -0.05) is 11.6 Å². The van der Waals surface area contributed by atoms with E-state index in [4.69, 9.17) is 11.8 Å². The minimum absolute atomic E-state index is 0.634. The van der Waals surface area contributed by atoms with E-state index in [1.54, 1.807) is 0 Å². The van der Waals surface area contributed by atoms with Gasteiger partial charge in [0.25, 0.3) is 0 Å². The second-order valence-corrected chi connectivity index (χ2v) is 4.45. The molecule has 5 heavy (non-hydrogen) atoms. The monoisotopic (exact) mass is 107 g/mol. The molecule has 0 rings (SSSR count). The van der Waals surface area contributed by atoms with E-state index in [0.29, 0.717) is 0 Å². The van der Waals surface area contributed by atoms with Crippen molar-refractivity contribution in [2.75, 3.05) is 0 Å². The van der Waals surface area contributed by atoms with Crippen LogP contribution in [-0.2, 0) is 0 Å². The Morgan fingerprint density at radius 1 is 1.60 bits per heavy atom. The van der Waals surface area contributed by atoms with E-state index in [9.17, 15) is 0 Å². The Labute approximate surface area is 42.0 Å². The van der Waals surface area contributed by atoms with E-state index in [0.717, 1.165) is 0 Å². The van der Waals surface area contributed by atoms with Crippen molar-refractivity contribution >= 4 is 26.1 Å². The lowest BCUT2D eigenvalue weighted by Crippen LogP contribution is -2.15. The lowest BCUT2D eigenvalue weighted by atomic mass is 11.9. The molecule has 0 spiro atoms. The minimum Gasteiger partial charge on any atom is -0.314 e. The molecule has 0 aromatic rings. The van der Waals surface area contributed by atoms with Gasteiger partial charge in [-0.2, -0.15) is 0 Å². The van der Waals surface area contributed by atoms with Crippen molar-refractivity contribution in [3.8, 4) is 0 Å². The molecule has 0 aliphatic rings. The standard InChI is InChI=1S/2CH3.Al.ClHN/c;;;1-2/h2*1H3;;2H/q;;+1;-1. The van der Waals surface area contributed by atoms with Crippen LogP contribution in [0.25, 0.3) is 0 Å². The molecule has 0 heterocycles. The van der Waals surface area contributed by atoms with E-state index in [1.807, 2.05) is 0 Å². The number of halogens is 1. The van der Waals surface area contributed by atoms with Gasteiger partial charge in [-0.05, 0) is 11.8 Å². The summed E-state index contributed by atoms with van der Waals surface area (Å²) >= 11 is 4.51. The molecule has 0 unspecified atom stereocenters. The Morgan fingerprint density at radius 3 is 1.80 bits per heavy atom. The summed E-state index contributed by atoms with van der Waals surface area (Å²) < 4.78 is 2.64. The van der Waals surface area contributed by atoms with Crippen molar-refractivity contribution in [1.82, 2.24) is 3.82 Å². The highest BCUT2D eigenvalue weighted by Crippen LogP contribution is 1.69. The maximum atomic E-state index is 5.15. The van der Waals surface area contributed by atoms with E-state index < -0.39 is 14.4 Å². The minimum atomic E-state index is -0.634. The fraction of sp³-hybridized carbons (Fsp3) is 1.00. The van der Waals surface area contributed by atoms with Crippen LogP contribution in [0.5, 0.6) is 0 Å². The summed E-state index contributed by atoms with van der Waals surface area (Å²) in [6.07, 6.45) is 0. The SMILES string of the molecule is [CH3][Al]([CH3])[NH]Cl. The van der Waals surface area contributed by atoms with E-state index in [1.165, 1.54) is 0 Å². The number of nitrogens with one attached hydrogen (secondary N) is 1. The normalized spacial score (nSPS) is 7.80. The van der Waals surface area contributed by atoms with Crippen LogP contribution in [0, 0.1) is 0 Å². The lowest BCUT2D eigenvalue weighted by Gasteiger charge is -1.82. The average Bonchev–Trinajstić information content (AvgIpc) is 1.38. The average molecular weight is 108 g/mol. The Kier molecular flexibility index (Phi) is 3.46. The van der Waals surface area contributed by atoms with Crippen LogP contribution < -0.4 is 3.82 Å². The summed E-state index contributed by atoms with van der Waals surface area (Å²) in [6, 6.07) is 0. The zero-order chi connectivity index (χ0) is 4.28. The van der Waals surface area contributed by atoms with Crippen LogP contribution >= 0.6 is 11.8 Å². The van der Waals surface area contributed by atoms with Crippen molar-refractivity contribution in [2.24, 2.45) is 0 Å². The second-order valence-electron chi connectivity index (χ2n) is 1.26. The summed E-state index contributed by atoms with van der Waals surface area (Å²) in [5.41, 5.74) is 0. The summed E-state index contributed by atoms with van der Waals surface area (Å²) in [6.45, 7) is 0. The summed E-state index contributed by atoms with van der Waals surface area (Å²) in [5, 5.41) is 0. The molecule has 0 atom stereocenters. The van der Waals surface area contributed by atoms with Gasteiger partial charge in [0, 0.05) is 0 Å². The van der Waals surface area contributed by atoms with Gasteiger partial charge in [-0.25, -0.2) is 0 Å². The molecule has 0 saturated carbocycles. The molecule has 0 saturated heterocycles. The van der Waals surface area contributed by atoms with Crippen molar-refractivity contribution < 1.29 is 0 Å². The lowest BCUT2D eigenvalue weighted by molar-refractivity contribution is 1.54. The highest BCUT2D eigenvalue weighted by atomic mass is 35.5. The first kappa shape index (κ1) is 5.78. The molecule has 0 bridgehead atoms. The topological polar surface area (TPSA) is 12.0 Å². The first-order chi connectivity index (χ1) is 2.27. The summed E-state index contributed by atoms with van der Waals surface area (Å²) in [5.74, 6) is 4.24. The van der Waals surface area contributed by atoms with Crippen molar-refractivity contribution in [3.05, 3.63) is 0 Å². The molecule has 0 fully saturated rings. The zero-order valence-electron chi connectivity index (χ0n) is 3.46. The largest absolute Gasteiger partial charge is 0.381 e. The fourth-order valence-corrected chi connectivity index (χ4v) is 0. The van der Waals surface area contributed by atoms with E-state index in [-0.39, 0.29) is 0 Å². The van der Waals surface area contributed by atoms with Gasteiger partial charge in [0.05, 0.1) is 0 Å². The van der Waals surface area contributed by atoms with Crippen LogP contribution in [0.15, 0.2) is 0 Å². The molecule has 0 aliphatic carbocycles. The third kappa shape index (κ3) is 4.78. The molecule has 0 amide bonds. The van der Waals surface area contributed by atoms with Crippen molar-refractivity contribution in [2.45, 2.75) is 11.6 Å². The van der Waals surface area contributed by atoms with Gasteiger partial charge in [-0.15, -0.1) is 0 Å². The number of rotatable bonds is 1. The first-order valence-corrected chi connectivity index (χ1v) is 4.90. The van der Waals surface area contributed by atoms with Gasteiger partial charge in [0.2, 0.25) is 0 Å². The van der Waals surface area contributed by atoms with Gasteiger partial charge in [-0.3, -0.25) is 0 Å². The van der Waals surface area contributed by atoms with Gasteiger partial charge >= 0.3 is 14.4 Å². The fourth-order valence-electron chi connectivity index (χ4n) is 0. The Bertz CT molecular complexity index is 23.6. The molecule has 3 heteroatoms. The van der Waals surface area contributed by atoms with Crippen LogP contribution in [0.4, 0.5) is 0 Å². The molecular formula is C2H7AlClN. The second kappa shape index (κ2) is 2.99.